The molecule has 2 fully saturated rings. The molecule has 128 valence electrons. The highest BCUT2D eigenvalue weighted by molar-refractivity contribution is 5.20. The second-order valence-electron chi connectivity index (χ2n) is 6.41. The number of ether oxygens (including phenoxy) is 1. The lowest BCUT2D eigenvalue weighted by atomic mass is 10.0. The molecule has 0 aromatic heterocycles. The van der Waals surface area contributed by atoms with Gasteiger partial charge in [-0.15, -0.1) is 0 Å². The van der Waals surface area contributed by atoms with Crippen molar-refractivity contribution in [3.63, 3.8) is 0 Å². The summed E-state index contributed by atoms with van der Waals surface area (Å²) in [6.07, 6.45) is 4.40. The molecular formula is C17H23F3N2O. The van der Waals surface area contributed by atoms with Crippen LogP contribution in [-0.4, -0.2) is 43.3 Å². The van der Waals surface area contributed by atoms with Gasteiger partial charge in [-0.25, -0.2) is 13.2 Å². The molecule has 0 spiro atoms. The van der Waals surface area contributed by atoms with Gasteiger partial charge in [-0.05, 0) is 38.8 Å². The predicted octanol–water partition coefficient (Wildman–Crippen LogP) is 2.84. The van der Waals surface area contributed by atoms with Crippen molar-refractivity contribution in [1.29, 1.82) is 0 Å². The number of nitrogens with one attached hydrogen (secondary N) is 1. The van der Waals surface area contributed by atoms with Gasteiger partial charge in [-0.2, -0.15) is 0 Å². The number of rotatable bonds is 4. The van der Waals surface area contributed by atoms with Crippen molar-refractivity contribution >= 4 is 0 Å². The minimum absolute atomic E-state index is 0.0517. The number of hydrogen-bond acceptors (Lipinski definition) is 3. The Morgan fingerprint density at radius 1 is 0.957 bits per heavy atom. The number of likely N-dealkylation sites (tertiary alicyclic amines) is 1. The van der Waals surface area contributed by atoms with Crippen LogP contribution in [0.5, 0.6) is 0 Å². The fourth-order valence-corrected chi connectivity index (χ4v) is 3.35. The Bertz CT molecular complexity index is 504. The van der Waals surface area contributed by atoms with E-state index in [-0.39, 0.29) is 18.2 Å². The summed E-state index contributed by atoms with van der Waals surface area (Å²) in [4.78, 5) is 2.00. The van der Waals surface area contributed by atoms with Crippen molar-refractivity contribution in [3.8, 4) is 0 Å². The summed E-state index contributed by atoms with van der Waals surface area (Å²) < 4.78 is 46.5. The molecule has 2 saturated heterocycles. The first kappa shape index (κ1) is 16.7. The molecule has 1 aromatic rings. The number of nitrogens with zero attached hydrogens (tertiary/aromatic N) is 1. The van der Waals surface area contributed by atoms with Gasteiger partial charge in [-0.1, -0.05) is 0 Å². The van der Waals surface area contributed by atoms with Crippen molar-refractivity contribution in [3.05, 3.63) is 35.1 Å². The first-order valence-electron chi connectivity index (χ1n) is 8.34. The SMILES string of the molecule is Fc1cc(F)c(CN2CCC(OC3CCNCC3)CC2)c(F)c1. The molecule has 1 aromatic carbocycles. The highest BCUT2D eigenvalue weighted by atomic mass is 19.1. The molecule has 23 heavy (non-hydrogen) atoms. The van der Waals surface area contributed by atoms with Gasteiger partial charge >= 0.3 is 0 Å². The van der Waals surface area contributed by atoms with Crippen LogP contribution < -0.4 is 5.32 Å². The lowest BCUT2D eigenvalue weighted by Gasteiger charge is -2.35. The summed E-state index contributed by atoms with van der Waals surface area (Å²) in [7, 11) is 0. The van der Waals surface area contributed by atoms with Gasteiger partial charge in [0.2, 0.25) is 0 Å². The zero-order valence-electron chi connectivity index (χ0n) is 13.2. The summed E-state index contributed by atoms with van der Waals surface area (Å²) in [5.41, 5.74) is -0.0517. The maximum absolute atomic E-state index is 13.7. The normalized spacial score (nSPS) is 21.7. The second-order valence-corrected chi connectivity index (χ2v) is 6.41. The van der Waals surface area contributed by atoms with Crippen LogP contribution in [0.3, 0.4) is 0 Å². The van der Waals surface area contributed by atoms with E-state index in [4.69, 9.17) is 4.74 Å². The van der Waals surface area contributed by atoms with Crippen LogP contribution in [0.15, 0.2) is 12.1 Å². The molecule has 0 radical (unpaired) electrons. The number of piperidine rings is 2. The van der Waals surface area contributed by atoms with Crippen LogP contribution in [0.4, 0.5) is 13.2 Å². The van der Waals surface area contributed by atoms with E-state index in [0.29, 0.717) is 6.10 Å². The fraction of sp³-hybridized carbons (Fsp3) is 0.647. The Morgan fingerprint density at radius 3 is 2.13 bits per heavy atom. The van der Waals surface area contributed by atoms with Crippen LogP contribution in [0.2, 0.25) is 0 Å². The Balaban J connectivity index is 1.49. The Labute approximate surface area is 134 Å². The monoisotopic (exact) mass is 328 g/mol. The summed E-state index contributed by atoms with van der Waals surface area (Å²) in [5.74, 6) is -2.50. The molecule has 0 aliphatic carbocycles. The maximum atomic E-state index is 13.7. The Kier molecular flexibility index (Phi) is 5.56. The maximum Gasteiger partial charge on any atom is 0.133 e. The quantitative estimate of drug-likeness (QED) is 0.920. The molecule has 6 heteroatoms. The molecule has 2 heterocycles. The average molecular weight is 328 g/mol. The van der Waals surface area contributed by atoms with Gasteiger partial charge in [0.05, 0.1) is 12.2 Å². The van der Waals surface area contributed by atoms with E-state index in [1.54, 1.807) is 0 Å². The van der Waals surface area contributed by atoms with E-state index in [9.17, 15) is 13.2 Å². The highest BCUT2D eigenvalue weighted by Gasteiger charge is 2.25. The zero-order chi connectivity index (χ0) is 16.2. The second kappa shape index (κ2) is 7.64. The van der Waals surface area contributed by atoms with Gasteiger partial charge in [0.15, 0.2) is 0 Å². The molecule has 2 aliphatic heterocycles. The first-order chi connectivity index (χ1) is 11.1. The van der Waals surface area contributed by atoms with Crippen molar-refractivity contribution in [2.45, 2.75) is 44.4 Å². The van der Waals surface area contributed by atoms with Crippen molar-refractivity contribution in [2.75, 3.05) is 26.2 Å². The molecule has 3 nitrogen and oxygen atoms in total. The van der Waals surface area contributed by atoms with Crippen molar-refractivity contribution in [2.24, 2.45) is 0 Å². The summed E-state index contributed by atoms with van der Waals surface area (Å²) in [6, 6.07) is 1.48. The minimum atomic E-state index is -0.877. The van der Waals surface area contributed by atoms with Gasteiger partial charge < -0.3 is 10.1 Å². The molecule has 0 saturated carbocycles. The third-order valence-electron chi connectivity index (χ3n) is 4.69. The lowest BCUT2D eigenvalue weighted by molar-refractivity contribution is -0.0540. The molecule has 0 amide bonds. The molecule has 1 N–H and O–H groups in total. The summed E-state index contributed by atoms with van der Waals surface area (Å²) in [6.45, 7) is 3.68. The van der Waals surface area contributed by atoms with Crippen molar-refractivity contribution < 1.29 is 17.9 Å². The van der Waals surface area contributed by atoms with E-state index < -0.39 is 17.5 Å². The highest BCUT2D eigenvalue weighted by Crippen LogP contribution is 2.22. The number of halogens is 3. The smallest absolute Gasteiger partial charge is 0.133 e. The molecule has 0 atom stereocenters. The first-order valence-corrected chi connectivity index (χ1v) is 8.34. The molecule has 2 aliphatic rings. The molecule has 3 rings (SSSR count). The van der Waals surface area contributed by atoms with E-state index in [2.05, 4.69) is 5.32 Å². The largest absolute Gasteiger partial charge is 0.375 e. The van der Waals surface area contributed by atoms with Gasteiger partial charge in [-0.3, -0.25) is 4.90 Å². The third kappa shape index (κ3) is 4.46. The van der Waals surface area contributed by atoms with E-state index in [1.165, 1.54) is 0 Å². The van der Waals surface area contributed by atoms with Crippen LogP contribution >= 0.6 is 0 Å². The van der Waals surface area contributed by atoms with Gasteiger partial charge in [0.25, 0.3) is 0 Å². The summed E-state index contributed by atoms with van der Waals surface area (Å²) >= 11 is 0. The molecule has 0 bridgehead atoms. The van der Waals surface area contributed by atoms with Crippen LogP contribution in [0.25, 0.3) is 0 Å². The zero-order valence-corrected chi connectivity index (χ0v) is 13.2. The van der Waals surface area contributed by atoms with Gasteiger partial charge in [0, 0.05) is 37.3 Å². The van der Waals surface area contributed by atoms with E-state index >= 15 is 0 Å². The van der Waals surface area contributed by atoms with Crippen LogP contribution in [0.1, 0.15) is 31.2 Å². The average Bonchev–Trinajstić information content (AvgIpc) is 2.53. The predicted molar refractivity (Wildman–Crippen MR) is 81.6 cm³/mol. The van der Waals surface area contributed by atoms with Crippen LogP contribution in [0, 0.1) is 17.5 Å². The van der Waals surface area contributed by atoms with Crippen LogP contribution in [-0.2, 0) is 11.3 Å². The summed E-state index contributed by atoms with van der Waals surface area (Å²) in [5, 5.41) is 3.31. The van der Waals surface area contributed by atoms with E-state index in [1.807, 2.05) is 4.90 Å². The Morgan fingerprint density at radius 2 is 1.52 bits per heavy atom. The Hall–Kier alpha value is -1.11. The minimum Gasteiger partial charge on any atom is -0.375 e. The number of benzene rings is 1. The fourth-order valence-electron chi connectivity index (χ4n) is 3.35. The van der Waals surface area contributed by atoms with Crippen molar-refractivity contribution in [1.82, 2.24) is 10.2 Å². The lowest BCUT2D eigenvalue weighted by Crippen LogP contribution is -2.40. The third-order valence-corrected chi connectivity index (χ3v) is 4.69. The molecular weight excluding hydrogens is 305 g/mol. The van der Waals surface area contributed by atoms with E-state index in [0.717, 1.165) is 64.0 Å². The number of hydrogen-bond donors (Lipinski definition) is 1. The molecule has 0 unspecified atom stereocenters. The van der Waals surface area contributed by atoms with Gasteiger partial charge in [0.1, 0.15) is 17.5 Å². The topological polar surface area (TPSA) is 24.5 Å². The standard InChI is InChI=1S/C17H23F3N2O/c18-12-9-16(19)15(17(20)10-12)11-22-7-3-14(4-8-22)23-13-1-5-21-6-2-13/h9-10,13-14,21H,1-8,11H2.